The quantitative estimate of drug-likeness (QED) is 0.494. The molecule has 4 aromatic rings. The van der Waals surface area contributed by atoms with Crippen LogP contribution in [0.4, 0.5) is 10.9 Å². The molecule has 0 saturated carbocycles. The van der Waals surface area contributed by atoms with Crippen molar-refractivity contribution in [1.29, 1.82) is 0 Å². The van der Waals surface area contributed by atoms with Crippen molar-refractivity contribution < 1.29 is 4.79 Å². The van der Waals surface area contributed by atoms with E-state index in [4.69, 9.17) is 0 Å². The average molecular weight is 430 g/mol. The lowest BCUT2D eigenvalue weighted by Crippen LogP contribution is -2.35. The molecule has 3 heterocycles. The molecule has 2 aromatic carbocycles. The van der Waals surface area contributed by atoms with E-state index < -0.39 is 0 Å². The van der Waals surface area contributed by atoms with Crippen molar-refractivity contribution in [3.05, 3.63) is 78.0 Å². The lowest BCUT2D eigenvalue weighted by molar-refractivity contribution is 0.102. The normalized spacial score (nSPS) is 14.6. The largest absolute Gasteiger partial charge is 0.355 e. The molecule has 7 heteroatoms. The molecule has 5 rings (SSSR count). The molecule has 0 unspecified atom stereocenters. The van der Waals surface area contributed by atoms with Gasteiger partial charge in [-0.05, 0) is 55.0 Å². The van der Waals surface area contributed by atoms with Crippen LogP contribution in [0.5, 0.6) is 0 Å². The molecule has 1 aliphatic heterocycles. The van der Waals surface area contributed by atoms with Crippen LogP contribution >= 0.6 is 11.3 Å². The van der Waals surface area contributed by atoms with Crippen molar-refractivity contribution in [2.75, 3.05) is 23.3 Å². The summed E-state index contributed by atoms with van der Waals surface area (Å²) in [7, 11) is 0. The molecule has 0 aliphatic carbocycles. The van der Waals surface area contributed by atoms with Crippen molar-refractivity contribution in [2.45, 2.75) is 19.3 Å². The van der Waals surface area contributed by atoms with Crippen LogP contribution in [0.15, 0.2) is 66.7 Å². The number of hydrogen-bond donors (Lipinski definition) is 1. The number of benzene rings is 2. The molecule has 1 amide bonds. The van der Waals surface area contributed by atoms with Crippen LogP contribution in [0.2, 0.25) is 0 Å². The van der Waals surface area contributed by atoms with E-state index in [0.29, 0.717) is 16.7 Å². The molecule has 1 saturated heterocycles. The number of nitrogens with one attached hydrogen (secondary N) is 1. The Morgan fingerprint density at radius 1 is 0.968 bits per heavy atom. The maximum absolute atomic E-state index is 12.5. The molecule has 0 spiro atoms. The van der Waals surface area contributed by atoms with Crippen LogP contribution in [0.3, 0.4) is 0 Å². The second-order valence-corrected chi connectivity index (χ2v) is 8.87. The van der Waals surface area contributed by atoms with E-state index in [1.54, 1.807) is 6.07 Å². The Hall–Kier alpha value is -3.32. The third-order valence-corrected chi connectivity index (χ3v) is 6.66. The number of carbonyl (C=O) groups is 1. The zero-order chi connectivity index (χ0) is 21.0. The highest BCUT2D eigenvalue weighted by molar-refractivity contribution is 7.22. The second-order valence-electron chi connectivity index (χ2n) is 7.84. The van der Waals surface area contributed by atoms with Gasteiger partial charge in [0.25, 0.3) is 5.91 Å². The summed E-state index contributed by atoms with van der Waals surface area (Å²) in [5.41, 5.74) is 2.58. The van der Waals surface area contributed by atoms with Gasteiger partial charge in [-0.25, -0.2) is 4.98 Å². The SMILES string of the molecule is O=C(Nc1nc2ccccc2s1)c1ccc(N2CCC(Cc3ccccc3)CC2)nn1. The number of hydrogen-bond acceptors (Lipinski definition) is 6. The molecule has 1 N–H and O–H groups in total. The molecule has 0 atom stereocenters. The van der Waals surface area contributed by atoms with E-state index in [0.717, 1.165) is 48.4 Å². The number of amides is 1. The molecule has 0 radical (unpaired) electrons. The topological polar surface area (TPSA) is 71.0 Å². The Labute approximate surface area is 185 Å². The maximum atomic E-state index is 12.5. The first-order chi connectivity index (χ1) is 15.2. The first kappa shape index (κ1) is 19.6. The summed E-state index contributed by atoms with van der Waals surface area (Å²) in [4.78, 5) is 19.2. The van der Waals surface area contributed by atoms with E-state index in [2.05, 4.69) is 55.7 Å². The smallest absolute Gasteiger partial charge is 0.277 e. The number of anilines is 2. The fourth-order valence-electron chi connectivity index (χ4n) is 4.02. The molecule has 31 heavy (non-hydrogen) atoms. The number of fused-ring (bicyclic) bond motifs is 1. The van der Waals surface area contributed by atoms with E-state index in [9.17, 15) is 4.79 Å². The van der Waals surface area contributed by atoms with Crippen molar-refractivity contribution in [2.24, 2.45) is 5.92 Å². The predicted octanol–water partition coefficient (Wildman–Crippen LogP) is 4.80. The summed E-state index contributed by atoms with van der Waals surface area (Å²) in [5, 5.41) is 11.9. The predicted molar refractivity (Wildman–Crippen MR) is 125 cm³/mol. The number of aromatic nitrogens is 3. The van der Waals surface area contributed by atoms with Crippen molar-refractivity contribution in [3.8, 4) is 0 Å². The summed E-state index contributed by atoms with van der Waals surface area (Å²) in [6.07, 6.45) is 3.40. The molecule has 2 aromatic heterocycles. The standard InChI is InChI=1S/C24H23N5OS/c30-23(26-24-25-19-8-4-5-9-21(19)31-24)20-10-11-22(28-27-20)29-14-12-18(13-15-29)16-17-6-2-1-3-7-17/h1-11,18H,12-16H2,(H,25,26,30). The molecular formula is C24H23N5OS. The van der Waals surface area contributed by atoms with Crippen molar-refractivity contribution in [3.63, 3.8) is 0 Å². The monoisotopic (exact) mass is 429 g/mol. The summed E-state index contributed by atoms with van der Waals surface area (Å²) in [6.45, 7) is 1.92. The Morgan fingerprint density at radius 3 is 2.48 bits per heavy atom. The van der Waals surface area contributed by atoms with Crippen LogP contribution in [0, 0.1) is 5.92 Å². The zero-order valence-electron chi connectivity index (χ0n) is 17.1. The number of rotatable bonds is 5. The van der Waals surface area contributed by atoms with Crippen molar-refractivity contribution >= 4 is 38.4 Å². The molecule has 1 aliphatic rings. The Balaban J connectivity index is 1.17. The van der Waals surface area contributed by atoms with Gasteiger partial charge in [0.15, 0.2) is 16.6 Å². The van der Waals surface area contributed by atoms with Crippen LogP contribution in [-0.2, 0) is 6.42 Å². The first-order valence-electron chi connectivity index (χ1n) is 10.5. The van der Waals surface area contributed by atoms with Gasteiger partial charge in [-0.3, -0.25) is 10.1 Å². The molecule has 1 fully saturated rings. The van der Waals surface area contributed by atoms with Gasteiger partial charge >= 0.3 is 0 Å². The zero-order valence-corrected chi connectivity index (χ0v) is 17.9. The second kappa shape index (κ2) is 8.81. The average Bonchev–Trinajstić information content (AvgIpc) is 3.23. The number of carbonyl (C=O) groups excluding carboxylic acids is 1. The highest BCUT2D eigenvalue weighted by Gasteiger charge is 2.21. The third kappa shape index (κ3) is 4.56. The minimum absolute atomic E-state index is 0.292. The van der Waals surface area contributed by atoms with E-state index in [-0.39, 0.29) is 5.91 Å². The maximum Gasteiger partial charge on any atom is 0.277 e. The van der Waals surface area contributed by atoms with Crippen LogP contribution in [0.1, 0.15) is 28.9 Å². The highest BCUT2D eigenvalue weighted by atomic mass is 32.1. The minimum atomic E-state index is -0.292. The van der Waals surface area contributed by atoms with E-state index in [1.165, 1.54) is 16.9 Å². The fraction of sp³-hybridized carbons (Fsp3) is 0.250. The van der Waals surface area contributed by atoms with Gasteiger partial charge < -0.3 is 4.90 Å². The van der Waals surface area contributed by atoms with Gasteiger partial charge in [-0.2, -0.15) is 0 Å². The number of thiazole rings is 1. The van der Waals surface area contributed by atoms with Crippen LogP contribution in [0.25, 0.3) is 10.2 Å². The summed E-state index contributed by atoms with van der Waals surface area (Å²) in [5.74, 6) is 1.24. The van der Waals surface area contributed by atoms with Gasteiger partial charge in [-0.15, -0.1) is 10.2 Å². The number of piperidine rings is 1. The van der Waals surface area contributed by atoms with E-state index >= 15 is 0 Å². The number of para-hydroxylation sites is 1. The lowest BCUT2D eigenvalue weighted by atomic mass is 9.90. The third-order valence-electron chi connectivity index (χ3n) is 5.70. The molecular weight excluding hydrogens is 406 g/mol. The molecule has 6 nitrogen and oxygen atoms in total. The minimum Gasteiger partial charge on any atom is -0.355 e. The summed E-state index contributed by atoms with van der Waals surface area (Å²) < 4.78 is 1.04. The van der Waals surface area contributed by atoms with Gasteiger partial charge in [0.2, 0.25) is 0 Å². The number of nitrogens with zero attached hydrogens (tertiary/aromatic N) is 4. The van der Waals surface area contributed by atoms with E-state index in [1.807, 2.05) is 30.3 Å². The summed E-state index contributed by atoms with van der Waals surface area (Å²) in [6, 6.07) is 22.1. The van der Waals surface area contributed by atoms with Gasteiger partial charge in [-0.1, -0.05) is 53.8 Å². The Morgan fingerprint density at radius 2 is 1.74 bits per heavy atom. The summed E-state index contributed by atoms with van der Waals surface area (Å²) >= 11 is 1.45. The first-order valence-corrected chi connectivity index (χ1v) is 11.4. The van der Waals surface area contributed by atoms with Gasteiger partial charge in [0.1, 0.15) is 0 Å². The Kier molecular flexibility index (Phi) is 5.58. The fourth-order valence-corrected chi connectivity index (χ4v) is 4.88. The molecule has 156 valence electrons. The van der Waals surface area contributed by atoms with Crippen LogP contribution < -0.4 is 10.2 Å². The lowest BCUT2D eigenvalue weighted by Gasteiger charge is -2.32. The van der Waals surface area contributed by atoms with Crippen LogP contribution in [-0.4, -0.2) is 34.2 Å². The Bertz CT molecular complexity index is 1130. The molecule has 0 bridgehead atoms. The highest BCUT2D eigenvalue weighted by Crippen LogP contribution is 2.26. The van der Waals surface area contributed by atoms with Crippen molar-refractivity contribution in [1.82, 2.24) is 15.2 Å². The van der Waals surface area contributed by atoms with Gasteiger partial charge in [0.05, 0.1) is 10.2 Å². The van der Waals surface area contributed by atoms with Gasteiger partial charge in [0, 0.05) is 13.1 Å².